The lowest BCUT2D eigenvalue weighted by atomic mass is 10.1. The maximum Gasteiger partial charge on any atom is 0.251 e. The second-order valence-electron chi connectivity index (χ2n) is 4.55. The molecule has 0 saturated heterocycles. The van der Waals surface area contributed by atoms with Crippen LogP contribution in [0.2, 0.25) is 0 Å². The average Bonchev–Trinajstić information content (AvgIpc) is 2.78. The van der Waals surface area contributed by atoms with E-state index in [4.69, 9.17) is 5.73 Å². The van der Waals surface area contributed by atoms with Crippen molar-refractivity contribution in [3.63, 3.8) is 0 Å². The largest absolute Gasteiger partial charge is 0.398 e. The first-order valence-corrected chi connectivity index (χ1v) is 6.18. The van der Waals surface area contributed by atoms with Gasteiger partial charge in [-0.25, -0.2) is 0 Å². The molecule has 1 heterocycles. The van der Waals surface area contributed by atoms with Crippen LogP contribution in [0.15, 0.2) is 30.6 Å². The number of rotatable bonds is 4. The molecule has 1 aromatic carbocycles. The quantitative estimate of drug-likeness (QED) is 0.811. The molecule has 0 bridgehead atoms. The van der Waals surface area contributed by atoms with Crippen molar-refractivity contribution in [2.24, 2.45) is 7.05 Å². The van der Waals surface area contributed by atoms with Crippen LogP contribution in [-0.2, 0) is 13.5 Å². The Bertz CT molecular complexity index is 589. The zero-order valence-electron chi connectivity index (χ0n) is 11.2. The van der Waals surface area contributed by atoms with Gasteiger partial charge in [0.25, 0.3) is 5.91 Å². The first-order valence-electron chi connectivity index (χ1n) is 6.18. The van der Waals surface area contributed by atoms with Crippen LogP contribution in [-0.4, -0.2) is 22.2 Å². The van der Waals surface area contributed by atoms with Gasteiger partial charge in [0.05, 0.1) is 6.20 Å². The van der Waals surface area contributed by atoms with Crippen LogP contribution in [0.5, 0.6) is 0 Å². The summed E-state index contributed by atoms with van der Waals surface area (Å²) in [4.78, 5) is 12.0. The van der Waals surface area contributed by atoms with Gasteiger partial charge in [0.15, 0.2) is 0 Å². The molecule has 1 amide bonds. The van der Waals surface area contributed by atoms with Gasteiger partial charge in [-0.05, 0) is 36.6 Å². The van der Waals surface area contributed by atoms with E-state index in [2.05, 4.69) is 10.4 Å². The Morgan fingerprint density at radius 1 is 1.47 bits per heavy atom. The minimum atomic E-state index is -0.0892. The number of benzene rings is 1. The predicted octanol–water partition coefficient (Wildman–Crippen LogP) is 1.28. The van der Waals surface area contributed by atoms with Crippen LogP contribution in [0.4, 0.5) is 5.69 Å². The number of hydrogen-bond acceptors (Lipinski definition) is 3. The van der Waals surface area contributed by atoms with Crippen LogP contribution >= 0.6 is 0 Å². The van der Waals surface area contributed by atoms with E-state index in [1.165, 1.54) is 0 Å². The minimum Gasteiger partial charge on any atom is -0.398 e. The number of aryl methyl sites for hydroxylation is 1. The highest BCUT2D eigenvalue weighted by Crippen LogP contribution is 2.15. The van der Waals surface area contributed by atoms with Crippen molar-refractivity contribution in [2.45, 2.75) is 13.3 Å². The lowest BCUT2D eigenvalue weighted by molar-refractivity contribution is 0.0953. The Balaban J connectivity index is 1.93. The Morgan fingerprint density at radius 2 is 2.26 bits per heavy atom. The average molecular weight is 258 g/mol. The molecule has 5 nitrogen and oxygen atoms in total. The van der Waals surface area contributed by atoms with Crippen LogP contribution in [0, 0.1) is 6.92 Å². The second-order valence-corrected chi connectivity index (χ2v) is 4.55. The van der Waals surface area contributed by atoms with Crippen molar-refractivity contribution < 1.29 is 4.79 Å². The third-order valence-corrected chi connectivity index (χ3v) is 3.08. The van der Waals surface area contributed by atoms with E-state index in [1.54, 1.807) is 29.1 Å². The molecule has 0 unspecified atom stereocenters. The van der Waals surface area contributed by atoms with Gasteiger partial charge in [0, 0.05) is 31.0 Å². The summed E-state index contributed by atoms with van der Waals surface area (Å²) in [6, 6.07) is 5.37. The normalized spacial score (nSPS) is 10.4. The zero-order valence-corrected chi connectivity index (χ0v) is 11.2. The van der Waals surface area contributed by atoms with Gasteiger partial charge in [-0.1, -0.05) is 6.07 Å². The maximum absolute atomic E-state index is 12.0. The molecule has 0 aliphatic rings. The number of carbonyl (C=O) groups is 1. The summed E-state index contributed by atoms with van der Waals surface area (Å²) in [5.41, 5.74) is 8.98. The Kier molecular flexibility index (Phi) is 3.85. The fourth-order valence-electron chi connectivity index (χ4n) is 1.92. The Labute approximate surface area is 112 Å². The van der Waals surface area contributed by atoms with E-state index in [1.807, 2.05) is 20.2 Å². The first kappa shape index (κ1) is 13.1. The lowest BCUT2D eigenvalue weighted by Crippen LogP contribution is -2.26. The summed E-state index contributed by atoms with van der Waals surface area (Å²) >= 11 is 0. The van der Waals surface area contributed by atoms with Crippen molar-refractivity contribution >= 4 is 11.6 Å². The van der Waals surface area contributed by atoms with Crippen molar-refractivity contribution in [2.75, 3.05) is 12.3 Å². The minimum absolute atomic E-state index is 0.0892. The Morgan fingerprint density at radius 3 is 2.95 bits per heavy atom. The summed E-state index contributed by atoms with van der Waals surface area (Å²) in [6.07, 6.45) is 4.51. The molecule has 5 heteroatoms. The molecular weight excluding hydrogens is 240 g/mol. The summed E-state index contributed by atoms with van der Waals surface area (Å²) in [7, 11) is 1.87. The van der Waals surface area contributed by atoms with E-state index in [0.717, 1.165) is 17.5 Å². The number of amides is 1. The molecule has 100 valence electrons. The molecule has 0 atom stereocenters. The number of nitrogens with one attached hydrogen (secondary N) is 1. The van der Waals surface area contributed by atoms with E-state index >= 15 is 0 Å². The van der Waals surface area contributed by atoms with Gasteiger partial charge >= 0.3 is 0 Å². The van der Waals surface area contributed by atoms with E-state index in [-0.39, 0.29) is 5.91 Å². The third-order valence-electron chi connectivity index (χ3n) is 3.08. The maximum atomic E-state index is 12.0. The molecule has 1 aromatic heterocycles. The van der Waals surface area contributed by atoms with Crippen LogP contribution in [0.3, 0.4) is 0 Å². The topological polar surface area (TPSA) is 72.9 Å². The number of nitrogen functional groups attached to an aromatic ring is 1. The van der Waals surface area contributed by atoms with Crippen molar-refractivity contribution in [3.8, 4) is 0 Å². The first-order chi connectivity index (χ1) is 9.08. The summed E-state index contributed by atoms with van der Waals surface area (Å²) in [6.45, 7) is 2.43. The predicted molar refractivity (Wildman–Crippen MR) is 74.8 cm³/mol. The molecule has 0 spiro atoms. The van der Waals surface area contributed by atoms with Crippen molar-refractivity contribution in [1.29, 1.82) is 0 Å². The third kappa shape index (κ3) is 3.13. The van der Waals surface area contributed by atoms with E-state index < -0.39 is 0 Å². The molecule has 2 rings (SSSR count). The fourth-order valence-corrected chi connectivity index (χ4v) is 1.92. The van der Waals surface area contributed by atoms with Gasteiger partial charge < -0.3 is 11.1 Å². The smallest absolute Gasteiger partial charge is 0.251 e. The fraction of sp³-hybridized carbons (Fsp3) is 0.286. The van der Waals surface area contributed by atoms with Crippen molar-refractivity contribution in [1.82, 2.24) is 15.1 Å². The number of hydrogen-bond donors (Lipinski definition) is 2. The molecule has 0 radical (unpaired) electrons. The monoisotopic (exact) mass is 258 g/mol. The molecule has 0 fully saturated rings. The second kappa shape index (κ2) is 5.56. The molecular formula is C14H18N4O. The van der Waals surface area contributed by atoms with Gasteiger partial charge in [-0.15, -0.1) is 0 Å². The van der Waals surface area contributed by atoms with Gasteiger partial charge in [-0.2, -0.15) is 5.10 Å². The van der Waals surface area contributed by atoms with Crippen LogP contribution in [0.1, 0.15) is 21.5 Å². The van der Waals surface area contributed by atoms with Crippen LogP contribution in [0.25, 0.3) is 0 Å². The number of nitrogens with two attached hydrogens (primary N) is 1. The highest BCUT2D eigenvalue weighted by molar-refractivity contribution is 5.96. The highest BCUT2D eigenvalue weighted by atomic mass is 16.1. The summed E-state index contributed by atoms with van der Waals surface area (Å²) in [5, 5.41) is 6.98. The zero-order chi connectivity index (χ0) is 13.8. The highest BCUT2D eigenvalue weighted by Gasteiger charge is 2.09. The number of anilines is 1. The summed E-state index contributed by atoms with van der Waals surface area (Å²) in [5.74, 6) is -0.0892. The van der Waals surface area contributed by atoms with Gasteiger partial charge in [0.2, 0.25) is 0 Å². The number of nitrogens with zero attached hydrogens (tertiary/aromatic N) is 2. The number of aromatic nitrogens is 2. The molecule has 0 aliphatic carbocycles. The Hall–Kier alpha value is -2.30. The number of carbonyl (C=O) groups excluding carboxylic acids is 1. The lowest BCUT2D eigenvalue weighted by Gasteiger charge is -2.08. The molecule has 0 saturated carbocycles. The molecule has 0 aliphatic heterocycles. The summed E-state index contributed by atoms with van der Waals surface area (Å²) < 4.78 is 1.75. The molecule has 2 aromatic rings. The van der Waals surface area contributed by atoms with Gasteiger partial charge in [0.1, 0.15) is 0 Å². The standard InChI is InChI=1S/C14H18N4O/c1-10-12(4-3-5-13(10)15)14(19)16-7-6-11-8-17-18(2)9-11/h3-5,8-9H,6-7,15H2,1-2H3,(H,16,19). The van der Waals surface area contributed by atoms with Crippen LogP contribution < -0.4 is 11.1 Å². The molecule has 3 N–H and O–H groups in total. The van der Waals surface area contributed by atoms with E-state index in [0.29, 0.717) is 17.8 Å². The van der Waals surface area contributed by atoms with E-state index in [9.17, 15) is 4.79 Å². The SMILES string of the molecule is Cc1c(N)cccc1C(=O)NCCc1cnn(C)c1. The van der Waals surface area contributed by atoms with Crippen molar-refractivity contribution in [3.05, 3.63) is 47.3 Å². The molecule has 19 heavy (non-hydrogen) atoms. The van der Waals surface area contributed by atoms with Gasteiger partial charge in [-0.3, -0.25) is 9.48 Å².